The Kier molecular flexibility index (Phi) is 6.08. The third kappa shape index (κ3) is 4.22. The fourth-order valence-corrected chi connectivity index (χ4v) is 5.47. The van der Waals surface area contributed by atoms with Crippen molar-refractivity contribution in [1.29, 1.82) is 0 Å². The van der Waals surface area contributed by atoms with Crippen LogP contribution < -0.4 is 4.31 Å². The number of benzene rings is 2. The molecule has 1 aliphatic rings. The van der Waals surface area contributed by atoms with Crippen LogP contribution in [0.4, 0.5) is 5.69 Å². The van der Waals surface area contributed by atoms with Crippen LogP contribution in [-0.4, -0.2) is 38.9 Å². The van der Waals surface area contributed by atoms with E-state index in [1.807, 2.05) is 23.1 Å². The number of rotatable bonds is 5. The lowest BCUT2D eigenvalue weighted by Gasteiger charge is -2.35. The van der Waals surface area contributed by atoms with E-state index in [2.05, 4.69) is 13.8 Å². The van der Waals surface area contributed by atoms with Crippen LogP contribution in [0.5, 0.6) is 0 Å². The number of likely N-dealkylation sites (tertiary alicyclic amines) is 1. The van der Waals surface area contributed by atoms with Gasteiger partial charge >= 0.3 is 0 Å². The summed E-state index contributed by atoms with van der Waals surface area (Å²) in [6.07, 6.45) is 1.13. The maximum atomic E-state index is 13.1. The quantitative estimate of drug-likeness (QED) is 0.762. The zero-order chi connectivity index (χ0) is 20.3. The van der Waals surface area contributed by atoms with Crippen molar-refractivity contribution in [3.63, 3.8) is 0 Å². The third-order valence-corrected chi connectivity index (χ3v) is 7.09. The van der Waals surface area contributed by atoms with Crippen LogP contribution in [0.3, 0.4) is 0 Å². The maximum absolute atomic E-state index is 13.1. The molecule has 1 saturated heterocycles. The topological polar surface area (TPSA) is 57.7 Å². The lowest BCUT2D eigenvalue weighted by atomic mass is 9.91. The van der Waals surface area contributed by atoms with E-state index in [-0.39, 0.29) is 10.8 Å². The van der Waals surface area contributed by atoms with Gasteiger partial charge in [0.05, 0.1) is 10.6 Å². The highest BCUT2D eigenvalue weighted by Gasteiger charge is 2.27. The zero-order valence-corrected chi connectivity index (χ0v) is 17.5. The molecule has 0 aromatic heterocycles. The molecule has 0 aliphatic carbocycles. The number of sulfonamides is 1. The number of nitrogens with zero attached hydrogens (tertiary/aromatic N) is 2. The molecule has 0 saturated carbocycles. The molecule has 1 amide bonds. The molecule has 1 aliphatic heterocycles. The number of carbonyl (C=O) groups excluding carboxylic acids is 1. The van der Waals surface area contributed by atoms with E-state index >= 15 is 0 Å². The second-order valence-corrected chi connectivity index (χ2v) is 9.55. The molecule has 0 N–H and O–H groups in total. The summed E-state index contributed by atoms with van der Waals surface area (Å²) < 4.78 is 27.5. The van der Waals surface area contributed by atoms with Crippen LogP contribution >= 0.6 is 0 Å². The van der Waals surface area contributed by atoms with Crippen LogP contribution in [0.15, 0.2) is 59.5 Å². The Hall–Kier alpha value is -2.34. The number of hydrogen-bond acceptors (Lipinski definition) is 3. The summed E-state index contributed by atoms with van der Waals surface area (Å²) in [5.41, 5.74) is 1.16. The van der Waals surface area contributed by atoms with Crippen molar-refractivity contribution in [3.8, 4) is 0 Å². The minimum absolute atomic E-state index is 0.0299. The molecule has 1 heterocycles. The van der Waals surface area contributed by atoms with Crippen LogP contribution in [0, 0.1) is 11.8 Å². The van der Waals surface area contributed by atoms with Crippen molar-refractivity contribution in [1.82, 2.24) is 4.90 Å². The fraction of sp³-hybridized carbons (Fsp3) is 0.409. The van der Waals surface area contributed by atoms with Gasteiger partial charge in [-0.25, -0.2) is 8.42 Å². The Bertz CT molecular complexity index is 901. The minimum atomic E-state index is -3.68. The van der Waals surface area contributed by atoms with Gasteiger partial charge in [0.15, 0.2) is 0 Å². The Morgan fingerprint density at radius 3 is 2.11 bits per heavy atom. The minimum Gasteiger partial charge on any atom is -0.338 e. The van der Waals surface area contributed by atoms with Crippen LogP contribution in [0.2, 0.25) is 0 Å². The highest BCUT2D eigenvalue weighted by Crippen LogP contribution is 2.25. The Morgan fingerprint density at radius 1 is 1.00 bits per heavy atom. The third-order valence-electron chi connectivity index (χ3n) is 5.18. The summed E-state index contributed by atoms with van der Waals surface area (Å²) in [6.45, 7) is 7.96. The van der Waals surface area contributed by atoms with E-state index in [1.165, 1.54) is 16.4 Å². The Labute approximate surface area is 168 Å². The molecule has 6 heteroatoms. The molecule has 150 valence electrons. The van der Waals surface area contributed by atoms with Crippen molar-refractivity contribution in [2.24, 2.45) is 11.8 Å². The normalized spacial score (nSPS) is 20.0. The standard InChI is InChI=1S/C22H28N2O3S/c1-4-24(20-8-6-5-7-9-20)28(26,27)21-12-10-19(11-13-21)22(25)23-15-17(2)14-18(3)16-23/h5-13,17-18H,4,14-16H2,1-3H3/t17-,18-/m1/s1. The number of amides is 1. The van der Waals surface area contributed by atoms with Crippen molar-refractivity contribution in [3.05, 3.63) is 60.2 Å². The lowest BCUT2D eigenvalue weighted by molar-refractivity contribution is 0.0623. The first-order valence-corrected chi connectivity index (χ1v) is 11.2. The summed E-state index contributed by atoms with van der Waals surface area (Å²) in [4.78, 5) is 14.9. The molecular weight excluding hydrogens is 372 g/mol. The second-order valence-electron chi connectivity index (χ2n) is 7.69. The van der Waals surface area contributed by atoms with Gasteiger partial charge in [-0.1, -0.05) is 32.0 Å². The van der Waals surface area contributed by atoms with Gasteiger partial charge in [0.2, 0.25) is 0 Å². The van der Waals surface area contributed by atoms with Crippen molar-refractivity contribution >= 4 is 21.6 Å². The summed E-state index contributed by atoms with van der Waals surface area (Å²) in [5, 5.41) is 0. The van der Waals surface area contributed by atoms with Crippen molar-refractivity contribution < 1.29 is 13.2 Å². The molecule has 3 rings (SSSR count). The average molecular weight is 401 g/mol. The molecule has 1 fully saturated rings. The van der Waals surface area contributed by atoms with Crippen LogP contribution in [0.25, 0.3) is 0 Å². The van der Waals surface area contributed by atoms with Gasteiger partial charge < -0.3 is 4.90 Å². The molecule has 0 radical (unpaired) electrons. The Balaban J connectivity index is 1.82. The van der Waals surface area contributed by atoms with Gasteiger partial charge in [0, 0.05) is 25.2 Å². The molecule has 2 aromatic rings. The average Bonchev–Trinajstić information content (AvgIpc) is 2.68. The summed E-state index contributed by atoms with van der Waals surface area (Å²) >= 11 is 0. The van der Waals surface area contributed by atoms with Crippen molar-refractivity contribution in [2.75, 3.05) is 23.9 Å². The first-order valence-electron chi connectivity index (χ1n) is 9.80. The van der Waals surface area contributed by atoms with E-state index in [0.29, 0.717) is 29.6 Å². The van der Waals surface area contributed by atoms with Gasteiger partial charge in [0.25, 0.3) is 15.9 Å². The predicted octanol–water partition coefficient (Wildman–Crippen LogP) is 4.02. The van der Waals surface area contributed by atoms with Gasteiger partial charge in [-0.15, -0.1) is 0 Å². The molecule has 2 aromatic carbocycles. The molecule has 0 unspecified atom stereocenters. The molecule has 5 nitrogen and oxygen atoms in total. The van der Waals surface area contributed by atoms with Crippen molar-refractivity contribution in [2.45, 2.75) is 32.1 Å². The summed E-state index contributed by atoms with van der Waals surface area (Å²) in [5.74, 6) is 0.936. The number of anilines is 1. The molecule has 0 spiro atoms. The van der Waals surface area contributed by atoms with E-state index in [4.69, 9.17) is 0 Å². The highest BCUT2D eigenvalue weighted by atomic mass is 32.2. The smallest absolute Gasteiger partial charge is 0.264 e. The van der Waals surface area contributed by atoms with E-state index < -0.39 is 10.0 Å². The lowest BCUT2D eigenvalue weighted by Crippen LogP contribution is -2.42. The van der Waals surface area contributed by atoms with E-state index in [1.54, 1.807) is 31.2 Å². The number of hydrogen-bond donors (Lipinski definition) is 0. The van der Waals surface area contributed by atoms with Gasteiger partial charge in [-0.05, 0) is 61.6 Å². The number of carbonyl (C=O) groups is 1. The van der Waals surface area contributed by atoms with Gasteiger partial charge in [-0.2, -0.15) is 0 Å². The van der Waals surface area contributed by atoms with Gasteiger partial charge in [0.1, 0.15) is 0 Å². The molecule has 0 bridgehead atoms. The monoisotopic (exact) mass is 400 g/mol. The zero-order valence-electron chi connectivity index (χ0n) is 16.7. The van der Waals surface area contributed by atoms with E-state index in [9.17, 15) is 13.2 Å². The largest absolute Gasteiger partial charge is 0.338 e. The van der Waals surface area contributed by atoms with Crippen LogP contribution in [-0.2, 0) is 10.0 Å². The highest BCUT2D eigenvalue weighted by molar-refractivity contribution is 7.92. The maximum Gasteiger partial charge on any atom is 0.264 e. The molecule has 2 atom stereocenters. The van der Waals surface area contributed by atoms with Gasteiger partial charge in [-0.3, -0.25) is 9.10 Å². The fourth-order valence-electron chi connectivity index (χ4n) is 3.99. The SMILES string of the molecule is CCN(c1ccccc1)S(=O)(=O)c1ccc(C(=O)N2C[C@H](C)C[C@@H](C)C2)cc1. The predicted molar refractivity (Wildman–Crippen MR) is 112 cm³/mol. The summed E-state index contributed by atoms with van der Waals surface area (Å²) in [6, 6.07) is 15.3. The second kappa shape index (κ2) is 8.35. The molecule has 28 heavy (non-hydrogen) atoms. The van der Waals surface area contributed by atoms with E-state index in [0.717, 1.165) is 19.5 Å². The first-order chi connectivity index (χ1) is 13.3. The first kappa shape index (κ1) is 20.4. The summed E-state index contributed by atoms with van der Waals surface area (Å²) in [7, 11) is -3.68. The number of piperidine rings is 1. The number of para-hydroxylation sites is 1. The Morgan fingerprint density at radius 2 is 1.57 bits per heavy atom. The molecular formula is C22H28N2O3S. The van der Waals surface area contributed by atoms with Crippen LogP contribution in [0.1, 0.15) is 37.6 Å².